The third kappa shape index (κ3) is 1.75. The normalized spacial score (nSPS) is 10.3. The lowest BCUT2D eigenvalue weighted by molar-refractivity contribution is 0.0697. The quantitative estimate of drug-likeness (QED) is 0.827. The number of aromatic nitrogens is 1. The van der Waals surface area contributed by atoms with Gasteiger partial charge in [-0.15, -0.1) is 0 Å². The highest BCUT2D eigenvalue weighted by Gasteiger charge is 2.09. The number of hydrogen-bond donors (Lipinski definition) is 1. The van der Waals surface area contributed by atoms with Gasteiger partial charge < -0.3 is 9.63 Å². The fraction of sp³-hybridized carbons (Fsp3) is 0.0909. The Hall–Kier alpha value is -2.30. The first-order valence-corrected chi connectivity index (χ1v) is 4.59. The van der Waals surface area contributed by atoms with E-state index in [9.17, 15) is 9.59 Å². The van der Waals surface area contributed by atoms with Crippen LogP contribution in [0.5, 0.6) is 0 Å². The molecule has 5 heteroatoms. The maximum Gasteiger partial charge on any atom is 0.358 e. The fourth-order valence-corrected chi connectivity index (χ4v) is 1.49. The van der Waals surface area contributed by atoms with Gasteiger partial charge in [-0.25, -0.2) is 14.3 Å². The van der Waals surface area contributed by atoms with Crippen LogP contribution in [0.4, 0.5) is 0 Å². The van der Waals surface area contributed by atoms with Gasteiger partial charge in [-0.2, -0.15) is 0 Å². The molecular formula is C11H9NO4. The molecule has 0 aliphatic heterocycles. The summed E-state index contributed by atoms with van der Waals surface area (Å²) in [5.41, 5.74) is 0.894. The van der Waals surface area contributed by atoms with Crippen LogP contribution in [-0.4, -0.2) is 15.8 Å². The molecule has 16 heavy (non-hydrogen) atoms. The Morgan fingerprint density at radius 2 is 2.12 bits per heavy atom. The number of nitrogens with zero attached hydrogens (tertiary/aromatic N) is 1. The van der Waals surface area contributed by atoms with E-state index in [1.165, 1.54) is 22.9 Å². The van der Waals surface area contributed by atoms with E-state index in [0.29, 0.717) is 11.3 Å². The topological polar surface area (TPSA) is 72.4 Å². The van der Waals surface area contributed by atoms with Gasteiger partial charge in [-0.05, 0) is 12.1 Å². The van der Waals surface area contributed by atoms with Crippen molar-refractivity contribution in [2.45, 2.75) is 0 Å². The van der Waals surface area contributed by atoms with Gasteiger partial charge in [-0.1, -0.05) is 12.1 Å². The third-order valence-electron chi connectivity index (χ3n) is 2.23. The Balaban J connectivity index is 2.56. The fourth-order valence-electron chi connectivity index (χ4n) is 1.49. The highest BCUT2D eigenvalue weighted by atomic mass is 16.5. The molecule has 0 saturated carbocycles. The van der Waals surface area contributed by atoms with Gasteiger partial charge in [-0.3, -0.25) is 0 Å². The number of aromatic carboxylic acids is 1. The van der Waals surface area contributed by atoms with Gasteiger partial charge in [0.2, 0.25) is 0 Å². The van der Waals surface area contributed by atoms with Gasteiger partial charge in [0, 0.05) is 12.6 Å². The van der Waals surface area contributed by atoms with Gasteiger partial charge >= 0.3 is 11.6 Å². The number of hydrogen-bond acceptors (Lipinski definition) is 3. The predicted molar refractivity (Wildman–Crippen MR) is 56.3 cm³/mol. The number of rotatable bonds is 2. The first kappa shape index (κ1) is 10.2. The summed E-state index contributed by atoms with van der Waals surface area (Å²) < 4.78 is 6.09. The molecule has 82 valence electrons. The Morgan fingerprint density at radius 3 is 2.69 bits per heavy atom. The maximum absolute atomic E-state index is 11.0. The molecule has 2 rings (SSSR count). The first-order chi connectivity index (χ1) is 7.58. The second-order valence-corrected chi connectivity index (χ2v) is 3.32. The van der Waals surface area contributed by atoms with Crippen molar-refractivity contribution >= 4 is 5.97 Å². The summed E-state index contributed by atoms with van der Waals surface area (Å²) in [5, 5.41) is 8.84. The van der Waals surface area contributed by atoms with E-state index < -0.39 is 11.6 Å². The van der Waals surface area contributed by atoms with E-state index in [-0.39, 0.29) is 5.56 Å². The van der Waals surface area contributed by atoms with E-state index in [2.05, 4.69) is 0 Å². The van der Waals surface area contributed by atoms with Crippen molar-refractivity contribution in [1.82, 2.24) is 4.74 Å². The van der Waals surface area contributed by atoms with Gasteiger partial charge in [0.1, 0.15) is 0 Å². The summed E-state index contributed by atoms with van der Waals surface area (Å²) in [6.45, 7) is 0. The second kappa shape index (κ2) is 3.69. The molecule has 1 aromatic heterocycles. The van der Waals surface area contributed by atoms with Crippen molar-refractivity contribution in [3.8, 4) is 11.3 Å². The summed E-state index contributed by atoms with van der Waals surface area (Å²) in [7, 11) is 1.59. The van der Waals surface area contributed by atoms with Crippen LogP contribution in [0, 0.1) is 0 Å². The van der Waals surface area contributed by atoms with Crippen LogP contribution in [-0.2, 0) is 7.05 Å². The summed E-state index contributed by atoms with van der Waals surface area (Å²) in [6, 6.07) is 7.64. The van der Waals surface area contributed by atoms with Crippen molar-refractivity contribution in [2.75, 3.05) is 0 Å². The van der Waals surface area contributed by atoms with Crippen molar-refractivity contribution < 1.29 is 14.4 Å². The maximum atomic E-state index is 11.0. The van der Waals surface area contributed by atoms with Crippen LogP contribution >= 0.6 is 0 Å². The van der Waals surface area contributed by atoms with Crippen LogP contribution in [0.2, 0.25) is 0 Å². The number of carboxylic acid groups (broad SMARTS) is 1. The zero-order valence-electron chi connectivity index (χ0n) is 8.51. The summed E-state index contributed by atoms with van der Waals surface area (Å²) in [6.07, 6.45) is 0. The molecule has 0 saturated heterocycles. The Morgan fingerprint density at radius 1 is 1.38 bits per heavy atom. The number of aryl methyl sites for hydroxylation is 1. The molecular weight excluding hydrogens is 210 g/mol. The molecule has 0 aliphatic rings. The molecule has 0 atom stereocenters. The van der Waals surface area contributed by atoms with E-state index in [1.54, 1.807) is 19.2 Å². The predicted octanol–water partition coefficient (Wildman–Crippen LogP) is 1.34. The average Bonchev–Trinajstić information content (AvgIpc) is 2.58. The standard InChI is InChI=1S/C11H9NO4/c1-12-9(6-10(13)16-12)7-3-2-4-8(5-7)11(14)15/h2-6H,1H3,(H,14,15). The van der Waals surface area contributed by atoms with Gasteiger partial charge in [0.05, 0.1) is 17.3 Å². The Labute approximate surface area is 90.5 Å². The average molecular weight is 219 g/mol. The minimum absolute atomic E-state index is 0.172. The number of carboxylic acids is 1. The lowest BCUT2D eigenvalue weighted by atomic mass is 10.1. The molecule has 1 N–H and O–H groups in total. The molecule has 1 aromatic carbocycles. The van der Waals surface area contributed by atoms with Crippen LogP contribution in [0.25, 0.3) is 11.3 Å². The van der Waals surface area contributed by atoms with E-state index in [0.717, 1.165) is 0 Å². The highest BCUT2D eigenvalue weighted by molar-refractivity contribution is 5.89. The zero-order chi connectivity index (χ0) is 11.7. The minimum Gasteiger partial charge on any atom is -0.478 e. The van der Waals surface area contributed by atoms with E-state index in [1.807, 2.05) is 0 Å². The largest absolute Gasteiger partial charge is 0.478 e. The van der Waals surface area contributed by atoms with Gasteiger partial charge in [0.15, 0.2) is 0 Å². The van der Waals surface area contributed by atoms with Crippen molar-refractivity contribution in [2.24, 2.45) is 7.05 Å². The SMILES string of the molecule is Cn1oc(=O)cc1-c1cccc(C(=O)O)c1. The van der Waals surface area contributed by atoms with Crippen molar-refractivity contribution in [3.63, 3.8) is 0 Å². The molecule has 0 radical (unpaired) electrons. The van der Waals surface area contributed by atoms with Gasteiger partial charge in [0.25, 0.3) is 0 Å². The third-order valence-corrected chi connectivity index (χ3v) is 2.23. The summed E-state index contributed by atoms with van der Waals surface area (Å²) in [5.74, 6) is -1.00. The molecule has 0 spiro atoms. The molecule has 0 amide bonds. The molecule has 0 bridgehead atoms. The molecule has 1 heterocycles. The molecule has 0 unspecified atom stereocenters. The molecule has 0 aliphatic carbocycles. The second-order valence-electron chi connectivity index (χ2n) is 3.32. The Kier molecular flexibility index (Phi) is 2.36. The lowest BCUT2D eigenvalue weighted by Gasteiger charge is -2.01. The molecule has 2 aromatic rings. The number of benzene rings is 1. The van der Waals surface area contributed by atoms with E-state index >= 15 is 0 Å². The molecule has 0 fully saturated rings. The zero-order valence-corrected chi connectivity index (χ0v) is 8.51. The smallest absolute Gasteiger partial charge is 0.358 e. The first-order valence-electron chi connectivity index (χ1n) is 4.59. The van der Waals surface area contributed by atoms with E-state index in [4.69, 9.17) is 9.63 Å². The summed E-state index contributed by atoms with van der Waals surface area (Å²) in [4.78, 5) is 21.8. The van der Waals surface area contributed by atoms with Crippen LogP contribution < -0.4 is 5.63 Å². The van der Waals surface area contributed by atoms with Crippen LogP contribution in [0.15, 0.2) is 39.6 Å². The summed E-state index contributed by atoms with van der Waals surface area (Å²) >= 11 is 0. The Bertz CT molecular complexity index is 594. The van der Waals surface area contributed by atoms with Crippen molar-refractivity contribution in [1.29, 1.82) is 0 Å². The number of carbonyl (C=O) groups is 1. The van der Waals surface area contributed by atoms with Crippen molar-refractivity contribution in [3.05, 3.63) is 46.3 Å². The monoisotopic (exact) mass is 219 g/mol. The lowest BCUT2D eigenvalue weighted by Crippen LogP contribution is -1.97. The minimum atomic E-state index is -1.00. The van der Waals surface area contributed by atoms with Crippen LogP contribution in [0.3, 0.4) is 0 Å². The molecule has 5 nitrogen and oxygen atoms in total. The highest BCUT2D eigenvalue weighted by Crippen LogP contribution is 2.18. The van der Waals surface area contributed by atoms with Crippen LogP contribution in [0.1, 0.15) is 10.4 Å².